The maximum absolute atomic E-state index is 13.8. The summed E-state index contributed by atoms with van der Waals surface area (Å²) in [4.78, 5) is 14.4. The lowest BCUT2D eigenvalue weighted by atomic mass is 9.98. The molecule has 2 aromatic rings. The molecular formula is C20H27FN4O4. The lowest BCUT2D eigenvalue weighted by Gasteiger charge is -2.37. The van der Waals surface area contributed by atoms with E-state index in [9.17, 15) is 14.3 Å². The van der Waals surface area contributed by atoms with Gasteiger partial charge in [-0.3, -0.25) is 14.8 Å². The lowest BCUT2D eigenvalue weighted by Crippen LogP contribution is -2.56. The number of aromatic nitrogens is 2. The fourth-order valence-corrected chi connectivity index (χ4v) is 3.49. The number of benzene rings is 1. The number of aromatic amines is 1. The van der Waals surface area contributed by atoms with Crippen LogP contribution in [0.3, 0.4) is 0 Å². The summed E-state index contributed by atoms with van der Waals surface area (Å²) in [5.74, 6) is -0.648. The number of amides is 1. The van der Waals surface area contributed by atoms with Gasteiger partial charge in [-0.2, -0.15) is 5.10 Å². The Labute approximate surface area is 169 Å². The number of carbonyl (C=O) groups excluding carboxylic acids is 1. The van der Waals surface area contributed by atoms with Gasteiger partial charge in [-0.1, -0.05) is 6.07 Å². The van der Waals surface area contributed by atoms with E-state index in [-0.39, 0.29) is 18.1 Å². The molecule has 0 bridgehead atoms. The first kappa shape index (κ1) is 21.2. The minimum atomic E-state index is -0.829. The third-order valence-corrected chi connectivity index (χ3v) is 4.97. The van der Waals surface area contributed by atoms with Crippen molar-refractivity contribution in [1.82, 2.24) is 20.4 Å². The molecule has 8 nitrogen and oxygen atoms in total. The molecule has 1 amide bonds. The van der Waals surface area contributed by atoms with Crippen LogP contribution < -0.4 is 10.1 Å². The predicted octanol–water partition coefficient (Wildman–Crippen LogP) is 0.867. The fourth-order valence-electron chi connectivity index (χ4n) is 3.49. The van der Waals surface area contributed by atoms with Crippen molar-refractivity contribution >= 4 is 5.91 Å². The first-order chi connectivity index (χ1) is 14.0. The van der Waals surface area contributed by atoms with Crippen molar-refractivity contribution in [2.24, 2.45) is 0 Å². The molecule has 2 heterocycles. The Balaban J connectivity index is 1.52. The van der Waals surface area contributed by atoms with Crippen LogP contribution in [0.4, 0.5) is 4.39 Å². The maximum atomic E-state index is 13.8. The smallest absolute Gasteiger partial charge is 0.224 e. The van der Waals surface area contributed by atoms with Gasteiger partial charge in [-0.25, -0.2) is 4.39 Å². The van der Waals surface area contributed by atoms with Crippen LogP contribution in [-0.4, -0.2) is 71.7 Å². The monoisotopic (exact) mass is 406 g/mol. The van der Waals surface area contributed by atoms with Gasteiger partial charge in [0.2, 0.25) is 5.91 Å². The van der Waals surface area contributed by atoms with Gasteiger partial charge in [-0.05, 0) is 37.2 Å². The van der Waals surface area contributed by atoms with Crippen LogP contribution in [0.5, 0.6) is 5.75 Å². The van der Waals surface area contributed by atoms with Crippen LogP contribution in [0, 0.1) is 5.82 Å². The number of ether oxygens (including phenoxy) is 2. The molecule has 29 heavy (non-hydrogen) atoms. The Kier molecular flexibility index (Phi) is 7.18. The Hall–Kier alpha value is -2.49. The van der Waals surface area contributed by atoms with E-state index in [0.717, 1.165) is 5.69 Å². The minimum Gasteiger partial charge on any atom is -0.494 e. The summed E-state index contributed by atoms with van der Waals surface area (Å²) >= 11 is 0. The van der Waals surface area contributed by atoms with Gasteiger partial charge < -0.3 is 19.9 Å². The molecule has 0 aliphatic carbocycles. The highest BCUT2D eigenvalue weighted by atomic mass is 19.1. The summed E-state index contributed by atoms with van der Waals surface area (Å²) in [5.41, 5.74) is 1.51. The van der Waals surface area contributed by atoms with Crippen LogP contribution in [0.1, 0.15) is 17.7 Å². The van der Waals surface area contributed by atoms with E-state index in [2.05, 4.69) is 15.5 Å². The van der Waals surface area contributed by atoms with E-state index >= 15 is 0 Å². The number of aliphatic hydroxyl groups excluding tert-OH is 1. The molecular weight excluding hydrogens is 379 g/mol. The van der Waals surface area contributed by atoms with Gasteiger partial charge in [0.1, 0.15) is 6.10 Å². The van der Waals surface area contributed by atoms with E-state index in [1.165, 1.54) is 19.2 Å². The zero-order valence-electron chi connectivity index (χ0n) is 16.6. The minimum absolute atomic E-state index is 0.0232. The summed E-state index contributed by atoms with van der Waals surface area (Å²) in [6.07, 6.45) is 0.986. The van der Waals surface area contributed by atoms with Crippen molar-refractivity contribution in [3.8, 4) is 5.75 Å². The maximum Gasteiger partial charge on any atom is 0.224 e. The van der Waals surface area contributed by atoms with E-state index in [4.69, 9.17) is 9.47 Å². The fraction of sp³-hybridized carbons (Fsp3) is 0.500. The number of nitrogens with one attached hydrogen (secondary N) is 2. The number of aliphatic hydroxyl groups is 1. The van der Waals surface area contributed by atoms with Gasteiger partial charge in [-0.15, -0.1) is 0 Å². The zero-order valence-corrected chi connectivity index (χ0v) is 16.6. The largest absolute Gasteiger partial charge is 0.494 e. The molecule has 3 rings (SSSR count). The Morgan fingerprint density at radius 3 is 3.00 bits per heavy atom. The Morgan fingerprint density at radius 1 is 1.48 bits per heavy atom. The molecule has 1 aliphatic rings. The SMILES string of the molecule is COc1ccc(CC(=O)N[C@H]2CCO[C@H](CN(C)Cc3ccn[nH]3)[C@H]2O)cc1F. The van der Waals surface area contributed by atoms with Crippen LogP contribution in [0.2, 0.25) is 0 Å². The number of hydrogen-bond acceptors (Lipinski definition) is 6. The molecule has 0 spiro atoms. The van der Waals surface area contributed by atoms with Crippen LogP contribution in [0.25, 0.3) is 0 Å². The Bertz CT molecular complexity index is 802. The van der Waals surface area contributed by atoms with Crippen molar-refractivity contribution < 1.29 is 23.8 Å². The molecule has 1 saturated heterocycles. The molecule has 1 aromatic carbocycles. The highest BCUT2D eigenvalue weighted by molar-refractivity contribution is 5.79. The predicted molar refractivity (Wildman–Crippen MR) is 104 cm³/mol. The summed E-state index contributed by atoms with van der Waals surface area (Å²) in [6, 6.07) is 5.90. The number of rotatable bonds is 8. The van der Waals surface area contributed by atoms with Crippen molar-refractivity contribution in [3.63, 3.8) is 0 Å². The molecule has 158 valence electrons. The van der Waals surface area contributed by atoms with Crippen molar-refractivity contribution in [2.45, 2.75) is 37.6 Å². The van der Waals surface area contributed by atoms with Crippen molar-refractivity contribution in [1.29, 1.82) is 0 Å². The topological polar surface area (TPSA) is 99.7 Å². The number of methoxy groups -OCH3 is 1. The van der Waals surface area contributed by atoms with Gasteiger partial charge in [0.05, 0.1) is 25.7 Å². The first-order valence-electron chi connectivity index (χ1n) is 9.54. The van der Waals surface area contributed by atoms with Gasteiger partial charge in [0, 0.05) is 31.6 Å². The van der Waals surface area contributed by atoms with E-state index in [1.54, 1.807) is 12.3 Å². The highest BCUT2D eigenvalue weighted by Gasteiger charge is 2.34. The average Bonchev–Trinajstić information content (AvgIpc) is 3.18. The molecule has 3 N–H and O–H groups in total. The molecule has 0 radical (unpaired) electrons. The molecule has 1 aromatic heterocycles. The third kappa shape index (κ3) is 5.75. The Morgan fingerprint density at radius 2 is 2.31 bits per heavy atom. The summed E-state index contributed by atoms with van der Waals surface area (Å²) in [5, 5.41) is 20.3. The van der Waals surface area contributed by atoms with Gasteiger partial charge in [0.15, 0.2) is 11.6 Å². The molecule has 9 heteroatoms. The van der Waals surface area contributed by atoms with Gasteiger partial charge >= 0.3 is 0 Å². The van der Waals surface area contributed by atoms with Crippen molar-refractivity contribution in [3.05, 3.63) is 47.5 Å². The van der Waals surface area contributed by atoms with Crippen LogP contribution >= 0.6 is 0 Å². The molecule has 0 unspecified atom stereocenters. The number of carbonyl (C=O) groups is 1. The van der Waals surface area contributed by atoms with Crippen LogP contribution in [-0.2, 0) is 22.5 Å². The number of halogens is 1. The summed E-state index contributed by atoms with van der Waals surface area (Å²) in [6.45, 7) is 1.60. The highest BCUT2D eigenvalue weighted by Crippen LogP contribution is 2.19. The summed E-state index contributed by atoms with van der Waals surface area (Å²) in [7, 11) is 3.32. The zero-order chi connectivity index (χ0) is 20.8. The second kappa shape index (κ2) is 9.82. The molecule has 3 atom stereocenters. The van der Waals surface area contributed by atoms with Crippen molar-refractivity contribution in [2.75, 3.05) is 27.3 Å². The standard InChI is InChI=1S/C20H27FN4O4/c1-25(11-14-5-7-22-24-14)12-18-20(27)16(6-8-29-18)23-19(26)10-13-3-4-17(28-2)15(21)9-13/h3-5,7,9,16,18,20,27H,6,8,10-12H2,1-2H3,(H,22,24)(H,23,26)/t16-,18+,20-/m0/s1. The normalized spacial score (nSPS) is 21.9. The lowest BCUT2D eigenvalue weighted by molar-refractivity contribution is -0.128. The third-order valence-electron chi connectivity index (χ3n) is 4.97. The van der Waals surface area contributed by atoms with E-state index in [0.29, 0.717) is 31.7 Å². The summed E-state index contributed by atoms with van der Waals surface area (Å²) < 4.78 is 24.4. The quantitative estimate of drug-likeness (QED) is 0.602. The van der Waals surface area contributed by atoms with Gasteiger partial charge in [0.25, 0.3) is 0 Å². The molecule has 1 fully saturated rings. The first-order valence-corrected chi connectivity index (χ1v) is 9.54. The molecule has 1 aliphatic heterocycles. The van der Waals surface area contributed by atoms with Crippen LogP contribution in [0.15, 0.2) is 30.5 Å². The molecule has 0 saturated carbocycles. The second-order valence-corrected chi connectivity index (χ2v) is 7.29. The number of nitrogens with zero attached hydrogens (tertiary/aromatic N) is 2. The number of likely N-dealkylation sites (N-methyl/N-ethyl adjacent to an activating group) is 1. The number of H-pyrrole nitrogens is 1. The average molecular weight is 406 g/mol. The van der Waals surface area contributed by atoms with E-state index < -0.39 is 24.1 Å². The van der Waals surface area contributed by atoms with E-state index in [1.807, 2.05) is 18.0 Å². The number of hydrogen-bond donors (Lipinski definition) is 3. The second-order valence-electron chi connectivity index (χ2n) is 7.29.